The minimum Gasteiger partial charge on any atom is -0.372 e. The van der Waals surface area contributed by atoms with Gasteiger partial charge in [0.15, 0.2) is 0 Å². The van der Waals surface area contributed by atoms with E-state index in [1.165, 1.54) is 64.7 Å². The van der Waals surface area contributed by atoms with Crippen molar-refractivity contribution in [3.05, 3.63) is 0 Å². The summed E-state index contributed by atoms with van der Waals surface area (Å²) in [6, 6.07) is 0. The SMILES string of the molecule is CNCC1(CN2CC3CCC(C2)O3)CCCC1. The summed E-state index contributed by atoms with van der Waals surface area (Å²) in [5.41, 5.74) is 0.561. The van der Waals surface area contributed by atoms with Gasteiger partial charge in [-0.1, -0.05) is 12.8 Å². The van der Waals surface area contributed by atoms with Crippen molar-refractivity contribution in [3.8, 4) is 0 Å². The molecule has 0 aromatic carbocycles. The first-order valence-corrected chi connectivity index (χ1v) is 7.32. The van der Waals surface area contributed by atoms with E-state index >= 15 is 0 Å². The molecule has 3 nitrogen and oxygen atoms in total. The molecule has 1 N–H and O–H groups in total. The van der Waals surface area contributed by atoms with Gasteiger partial charge >= 0.3 is 0 Å². The Morgan fingerprint density at radius 2 is 1.82 bits per heavy atom. The Bertz CT molecular complexity index is 251. The van der Waals surface area contributed by atoms with Crippen molar-refractivity contribution in [1.82, 2.24) is 10.2 Å². The predicted molar refractivity (Wildman–Crippen MR) is 69.2 cm³/mol. The Morgan fingerprint density at radius 1 is 1.18 bits per heavy atom. The molecule has 2 aliphatic heterocycles. The molecule has 2 bridgehead atoms. The van der Waals surface area contributed by atoms with Gasteiger partial charge in [0.1, 0.15) is 0 Å². The molecule has 0 aromatic heterocycles. The van der Waals surface area contributed by atoms with Crippen molar-refractivity contribution in [3.63, 3.8) is 0 Å². The molecule has 98 valence electrons. The second-order valence-electron chi connectivity index (χ2n) is 6.39. The summed E-state index contributed by atoms with van der Waals surface area (Å²) >= 11 is 0. The van der Waals surface area contributed by atoms with E-state index in [-0.39, 0.29) is 0 Å². The van der Waals surface area contributed by atoms with Crippen molar-refractivity contribution >= 4 is 0 Å². The van der Waals surface area contributed by atoms with Crippen LogP contribution < -0.4 is 5.32 Å². The molecule has 2 unspecified atom stereocenters. The van der Waals surface area contributed by atoms with Crippen molar-refractivity contribution in [1.29, 1.82) is 0 Å². The average molecular weight is 238 g/mol. The Kier molecular flexibility index (Phi) is 3.42. The van der Waals surface area contributed by atoms with E-state index in [0.29, 0.717) is 17.6 Å². The maximum Gasteiger partial charge on any atom is 0.0707 e. The van der Waals surface area contributed by atoms with Gasteiger partial charge in [-0.3, -0.25) is 4.90 Å². The van der Waals surface area contributed by atoms with Crippen LogP contribution in [0.3, 0.4) is 0 Å². The first kappa shape index (κ1) is 11.9. The maximum atomic E-state index is 5.93. The topological polar surface area (TPSA) is 24.5 Å². The van der Waals surface area contributed by atoms with Crippen LogP contribution in [0.2, 0.25) is 0 Å². The van der Waals surface area contributed by atoms with Gasteiger partial charge < -0.3 is 10.1 Å². The predicted octanol–water partition coefficient (Wildman–Crippen LogP) is 1.63. The van der Waals surface area contributed by atoms with Crippen LogP contribution in [0.1, 0.15) is 38.5 Å². The van der Waals surface area contributed by atoms with Crippen LogP contribution in [-0.2, 0) is 4.74 Å². The molecule has 1 aliphatic carbocycles. The number of rotatable bonds is 4. The Balaban J connectivity index is 1.61. The lowest BCUT2D eigenvalue weighted by Crippen LogP contribution is -2.49. The van der Waals surface area contributed by atoms with Crippen molar-refractivity contribution < 1.29 is 4.74 Å². The number of nitrogens with one attached hydrogen (secondary N) is 1. The third kappa shape index (κ3) is 2.51. The van der Waals surface area contributed by atoms with Crippen LogP contribution in [0.15, 0.2) is 0 Å². The third-order valence-electron chi connectivity index (χ3n) is 4.89. The van der Waals surface area contributed by atoms with E-state index < -0.39 is 0 Å². The van der Waals surface area contributed by atoms with E-state index in [9.17, 15) is 0 Å². The van der Waals surface area contributed by atoms with Crippen LogP contribution in [-0.4, -0.2) is 50.3 Å². The summed E-state index contributed by atoms with van der Waals surface area (Å²) < 4.78 is 5.93. The molecule has 1 saturated carbocycles. The molecule has 2 atom stereocenters. The molecule has 0 aromatic rings. The fourth-order valence-corrected chi connectivity index (χ4v) is 4.19. The fourth-order valence-electron chi connectivity index (χ4n) is 4.19. The van der Waals surface area contributed by atoms with Gasteiger partial charge in [-0.15, -0.1) is 0 Å². The van der Waals surface area contributed by atoms with Gasteiger partial charge in [0.05, 0.1) is 12.2 Å². The highest BCUT2D eigenvalue weighted by Gasteiger charge is 2.39. The normalized spacial score (nSPS) is 36.5. The Hall–Kier alpha value is -0.120. The van der Waals surface area contributed by atoms with Gasteiger partial charge in [0.25, 0.3) is 0 Å². The quantitative estimate of drug-likeness (QED) is 0.805. The first-order valence-electron chi connectivity index (χ1n) is 7.32. The molecule has 17 heavy (non-hydrogen) atoms. The second-order valence-corrected chi connectivity index (χ2v) is 6.39. The van der Waals surface area contributed by atoms with Crippen LogP contribution >= 0.6 is 0 Å². The Labute approximate surface area is 105 Å². The summed E-state index contributed by atoms with van der Waals surface area (Å²) in [6.07, 6.45) is 9.36. The number of likely N-dealkylation sites (tertiary alicyclic amines) is 1. The molecule has 3 rings (SSSR count). The molecular formula is C14H26N2O. The Morgan fingerprint density at radius 3 is 2.41 bits per heavy atom. The molecule has 3 fully saturated rings. The summed E-state index contributed by atoms with van der Waals surface area (Å²) in [5.74, 6) is 0. The number of ether oxygens (including phenoxy) is 1. The summed E-state index contributed by atoms with van der Waals surface area (Å²) in [5, 5.41) is 3.42. The third-order valence-corrected chi connectivity index (χ3v) is 4.89. The molecule has 2 saturated heterocycles. The minimum atomic E-state index is 0.543. The second kappa shape index (κ2) is 4.87. The van der Waals surface area contributed by atoms with Crippen molar-refractivity contribution in [2.75, 3.05) is 33.2 Å². The van der Waals surface area contributed by atoms with E-state index in [4.69, 9.17) is 4.74 Å². The number of fused-ring (bicyclic) bond motifs is 2. The van der Waals surface area contributed by atoms with Crippen molar-refractivity contribution in [2.24, 2.45) is 5.41 Å². The van der Waals surface area contributed by atoms with Gasteiger partial charge in [0, 0.05) is 26.2 Å². The molecule has 2 heterocycles. The number of nitrogens with zero attached hydrogens (tertiary/aromatic N) is 1. The van der Waals surface area contributed by atoms with Crippen LogP contribution in [0, 0.1) is 5.41 Å². The lowest BCUT2D eigenvalue weighted by molar-refractivity contribution is -0.0499. The smallest absolute Gasteiger partial charge is 0.0707 e. The summed E-state index contributed by atoms with van der Waals surface area (Å²) in [7, 11) is 2.10. The van der Waals surface area contributed by atoms with Crippen molar-refractivity contribution in [2.45, 2.75) is 50.7 Å². The zero-order valence-corrected chi connectivity index (χ0v) is 11.1. The van der Waals surface area contributed by atoms with E-state index in [1.807, 2.05) is 0 Å². The van der Waals surface area contributed by atoms with Gasteiger partial charge in [-0.2, -0.15) is 0 Å². The lowest BCUT2D eigenvalue weighted by atomic mass is 9.85. The van der Waals surface area contributed by atoms with E-state index in [2.05, 4.69) is 17.3 Å². The molecule has 0 radical (unpaired) electrons. The summed E-state index contributed by atoms with van der Waals surface area (Å²) in [4.78, 5) is 2.69. The number of morpholine rings is 1. The van der Waals surface area contributed by atoms with Crippen LogP contribution in [0.4, 0.5) is 0 Å². The van der Waals surface area contributed by atoms with E-state index in [1.54, 1.807) is 0 Å². The summed E-state index contributed by atoms with van der Waals surface area (Å²) in [6.45, 7) is 4.85. The minimum absolute atomic E-state index is 0.543. The fraction of sp³-hybridized carbons (Fsp3) is 1.00. The zero-order chi connectivity index (χ0) is 11.7. The average Bonchev–Trinajstić information content (AvgIpc) is 2.87. The molecule has 0 amide bonds. The number of hydrogen-bond acceptors (Lipinski definition) is 3. The highest BCUT2D eigenvalue weighted by atomic mass is 16.5. The highest BCUT2D eigenvalue weighted by Crippen LogP contribution is 2.39. The molecule has 3 aliphatic rings. The monoisotopic (exact) mass is 238 g/mol. The lowest BCUT2D eigenvalue weighted by Gasteiger charge is -2.39. The van der Waals surface area contributed by atoms with Gasteiger partial charge in [-0.05, 0) is 38.1 Å². The highest BCUT2D eigenvalue weighted by molar-refractivity contribution is 4.93. The van der Waals surface area contributed by atoms with E-state index in [0.717, 1.165) is 0 Å². The molecule has 3 heteroatoms. The number of hydrogen-bond donors (Lipinski definition) is 1. The van der Waals surface area contributed by atoms with Gasteiger partial charge in [-0.25, -0.2) is 0 Å². The molecule has 0 spiro atoms. The largest absolute Gasteiger partial charge is 0.372 e. The van der Waals surface area contributed by atoms with Gasteiger partial charge in [0.2, 0.25) is 0 Å². The standard InChI is InChI=1S/C14H26N2O/c1-15-10-14(6-2-3-7-14)11-16-8-12-4-5-13(9-16)17-12/h12-13,15H,2-11H2,1H3. The first-order chi connectivity index (χ1) is 8.30. The molecular weight excluding hydrogens is 212 g/mol. The van der Waals surface area contributed by atoms with Crippen LogP contribution in [0.5, 0.6) is 0 Å². The zero-order valence-electron chi connectivity index (χ0n) is 11.1. The maximum absolute atomic E-state index is 5.93. The van der Waals surface area contributed by atoms with Crippen LogP contribution in [0.25, 0.3) is 0 Å².